The maximum atomic E-state index is 12.1. The highest BCUT2D eigenvalue weighted by molar-refractivity contribution is 5.86. The molecule has 1 atom stereocenters. The minimum absolute atomic E-state index is 0.203. The van der Waals surface area contributed by atoms with E-state index in [9.17, 15) is 9.59 Å². The number of carbonyl (C=O) groups excluding carboxylic acids is 2. The molecule has 20 heavy (non-hydrogen) atoms. The summed E-state index contributed by atoms with van der Waals surface area (Å²) in [6.07, 6.45) is 2.14. The predicted octanol–water partition coefficient (Wildman–Crippen LogP) is 1.58. The average molecular weight is 281 g/mol. The Kier molecular flexibility index (Phi) is 6.09. The third-order valence-corrected chi connectivity index (χ3v) is 2.74. The van der Waals surface area contributed by atoms with Crippen LogP contribution in [0, 0.1) is 5.92 Å². The van der Waals surface area contributed by atoms with Crippen molar-refractivity contribution < 1.29 is 14.0 Å². The van der Waals surface area contributed by atoms with Gasteiger partial charge in [0, 0.05) is 14.1 Å². The lowest BCUT2D eigenvalue weighted by molar-refractivity contribution is -0.123. The fraction of sp³-hybridized carbons (Fsp3) is 0.571. The molecule has 112 valence electrons. The second-order valence-electron chi connectivity index (χ2n) is 5.32. The van der Waals surface area contributed by atoms with Crippen molar-refractivity contribution in [3.63, 3.8) is 0 Å². The maximum Gasteiger partial charge on any atom is 0.317 e. The van der Waals surface area contributed by atoms with Crippen LogP contribution in [0.5, 0.6) is 0 Å². The van der Waals surface area contributed by atoms with Gasteiger partial charge in [-0.15, -0.1) is 0 Å². The molecule has 0 aliphatic carbocycles. The van der Waals surface area contributed by atoms with E-state index in [-0.39, 0.29) is 11.9 Å². The molecule has 0 unspecified atom stereocenters. The quantitative estimate of drug-likeness (QED) is 0.831. The Balaban J connectivity index is 2.57. The van der Waals surface area contributed by atoms with Crippen LogP contribution in [-0.4, -0.2) is 37.0 Å². The Labute approximate surface area is 119 Å². The first-order valence-corrected chi connectivity index (χ1v) is 6.68. The van der Waals surface area contributed by atoms with E-state index < -0.39 is 6.04 Å². The lowest BCUT2D eigenvalue weighted by atomic mass is 10.0. The van der Waals surface area contributed by atoms with Crippen LogP contribution in [0.3, 0.4) is 0 Å². The van der Waals surface area contributed by atoms with Gasteiger partial charge in [-0.05, 0) is 24.5 Å². The zero-order chi connectivity index (χ0) is 15.1. The molecule has 0 aromatic carbocycles. The smallest absolute Gasteiger partial charge is 0.317 e. The average Bonchev–Trinajstić information content (AvgIpc) is 2.87. The van der Waals surface area contributed by atoms with Gasteiger partial charge >= 0.3 is 6.03 Å². The van der Waals surface area contributed by atoms with Gasteiger partial charge in [-0.1, -0.05) is 13.8 Å². The van der Waals surface area contributed by atoms with Gasteiger partial charge in [0.15, 0.2) is 0 Å². The van der Waals surface area contributed by atoms with Crippen LogP contribution in [0.15, 0.2) is 22.8 Å². The summed E-state index contributed by atoms with van der Waals surface area (Å²) >= 11 is 0. The van der Waals surface area contributed by atoms with E-state index in [1.54, 1.807) is 32.5 Å². The molecule has 2 N–H and O–H groups in total. The van der Waals surface area contributed by atoms with E-state index in [2.05, 4.69) is 10.6 Å². The molecular formula is C14H23N3O3. The molecule has 1 aromatic rings. The molecule has 0 fully saturated rings. The number of nitrogens with one attached hydrogen (secondary N) is 2. The molecule has 6 nitrogen and oxygen atoms in total. The number of amides is 3. The van der Waals surface area contributed by atoms with E-state index in [1.165, 1.54) is 4.90 Å². The van der Waals surface area contributed by atoms with Crippen molar-refractivity contribution >= 4 is 11.9 Å². The number of urea groups is 1. The molecule has 0 aliphatic rings. The fourth-order valence-electron chi connectivity index (χ4n) is 1.69. The highest BCUT2D eigenvalue weighted by Gasteiger charge is 2.22. The van der Waals surface area contributed by atoms with Crippen LogP contribution < -0.4 is 10.6 Å². The van der Waals surface area contributed by atoms with Gasteiger partial charge in [0.1, 0.15) is 11.8 Å². The first kappa shape index (κ1) is 16.1. The van der Waals surface area contributed by atoms with E-state index in [0.717, 1.165) is 0 Å². The number of hydrogen-bond donors (Lipinski definition) is 2. The molecule has 1 heterocycles. The number of carbonyl (C=O) groups is 2. The molecule has 0 radical (unpaired) electrons. The lowest BCUT2D eigenvalue weighted by Gasteiger charge is -2.22. The first-order valence-electron chi connectivity index (χ1n) is 6.68. The van der Waals surface area contributed by atoms with Crippen molar-refractivity contribution in [2.24, 2.45) is 5.92 Å². The molecule has 1 aromatic heterocycles. The van der Waals surface area contributed by atoms with Crippen molar-refractivity contribution in [1.29, 1.82) is 0 Å². The molecule has 1 rings (SSSR count). The third-order valence-electron chi connectivity index (χ3n) is 2.74. The summed E-state index contributed by atoms with van der Waals surface area (Å²) < 4.78 is 5.15. The van der Waals surface area contributed by atoms with E-state index in [0.29, 0.717) is 24.6 Å². The Bertz CT molecular complexity index is 427. The van der Waals surface area contributed by atoms with Gasteiger partial charge in [0.05, 0.1) is 12.8 Å². The SMILES string of the molecule is CC(C)C[C@@H](NC(=O)N(C)C)C(=O)NCc1ccco1. The minimum atomic E-state index is -0.542. The van der Waals surface area contributed by atoms with Crippen LogP contribution in [0.2, 0.25) is 0 Å². The minimum Gasteiger partial charge on any atom is -0.467 e. The predicted molar refractivity (Wildman–Crippen MR) is 76.0 cm³/mol. The maximum absolute atomic E-state index is 12.1. The molecule has 0 saturated carbocycles. The van der Waals surface area contributed by atoms with Gasteiger partial charge in [0.25, 0.3) is 0 Å². The van der Waals surface area contributed by atoms with Crippen LogP contribution >= 0.6 is 0 Å². The summed E-state index contributed by atoms with van der Waals surface area (Å²) in [5, 5.41) is 5.49. The zero-order valence-electron chi connectivity index (χ0n) is 12.5. The second-order valence-corrected chi connectivity index (χ2v) is 5.32. The number of rotatable bonds is 6. The summed E-state index contributed by atoms with van der Waals surface area (Å²) in [7, 11) is 3.28. The fourth-order valence-corrected chi connectivity index (χ4v) is 1.69. The molecule has 0 spiro atoms. The summed E-state index contributed by atoms with van der Waals surface area (Å²) in [4.78, 5) is 25.2. The number of nitrogens with zero attached hydrogens (tertiary/aromatic N) is 1. The summed E-state index contributed by atoms with van der Waals surface area (Å²) in [6.45, 7) is 4.33. The summed E-state index contributed by atoms with van der Waals surface area (Å²) in [6, 6.07) is 2.74. The molecule has 6 heteroatoms. The standard InChI is InChI=1S/C14H23N3O3/c1-10(2)8-12(16-14(19)17(3)4)13(18)15-9-11-6-5-7-20-11/h5-7,10,12H,8-9H2,1-4H3,(H,15,18)(H,16,19)/t12-/m1/s1. The Morgan fingerprint density at radius 3 is 2.55 bits per heavy atom. The summed E-state index contributed by atoms with van der Waals surface area (Å²) in [5.74, 6) is 0.780. The van der Waals surface area contributed by atoms with Crippen LogP contribution in [0.25, 0.3) is 0 Å². The molecule has 0 aliphatic heterocycles. The molecular weight excluding hydrogens is 258 g/mol. The molecule has 0 saturated heterocycles. The van der Waals surface area contributed by atoms with Crippen molar-refractivity contribution in [2.75, 3.05) is 14.1 Å². The van der Waals surface area contributed by atoms with Gasteiger partial charge in [-0.2, -0.15) is 0 Å². The van der Waals surface area contributed by atoms with E-state index >= 15 is 0 Å². The Hall–Kier alpha value is -1.98. The van der Waals surface area contributed by atoms with Crippen molar-refractivity contribution in [3.8, 4) is 0 Å². The van der Waals surface area contributed by atoms with E-state index in [1.807, 2.05) is 13.8 Å². The third kappa shape index (κ3) is 5.34. The Morgan fingerprint density at radius 2 is 2.05 bits per heavy atom. The van der Waals surface area contributed by atoms with Gasteiger partial charge in [-0.3, -0.25) is 4.79 Å². The highest BCUT2D eigenvalue weighted by atomic mass is 16.3. The second kappa shape index (κ2) is 7.57. The monoisotopic (exact) mass is 281 g/mol. The number of hydrogen-bond acceptors (Lipinski definition) is 3. The topological polar surface area (TPSA) is 74.6 Å². The van der Waals surface area contributed by atoms with Crippen molar-refractivity contribution in [3.05, 3.63) is 24.2 Å². The van der Waals surface area contributed by atoms with Crippen LogP contribution in [-0.2, 0) is 11.3 Å². The van der Waals surface area contributed by atoms with Crippen LogP contribution in [0.1, 0.15) is 26.0 Å². The van der Waals surface area contributed by atoms with Gasteiger partial charge < -0.3 is 20.0 Å². The van der Waals surface area contributed by atoms with Crippen molar-refractivity contribution in [2.45, 2.75) is 32.9 Å². The van der Waals surface area contributed by atoms with Gasteiger partial charge in [-0.25, -0.2) is 4.79 Å². The zero-order valence-corrected chi connectivity index (χ0v) is 12.5. The van der Waals surface area contributed by atoms with Gasteiger partial charge in [0.2, 0.25) is 5.91 Å². The molecule has 3 amide bonds. The summed E-state index contributed by atoms with van der Waals surface area (Å²) in [5.41, 5.74) is 0. The molecule has 0 bridgehead atoms. The normalized spacial score (nSPS) is 12.1. The lowest BCUT2D eigenvalue weighted by Crippen LogP contribution is -2.50. The van der Waals surface area contributed by atoms with Crippen LogP contribution in [0.4, 0.5) is 4.79 Å². The first-order chi connectivity index (χ1) is 9.40. The van der Waals surface area contributed by atoms with Crippen molar-refractivity contribution in [1.82, 2.24) is 15.5 Å². The largest absolute Gasteiger partial charge is 0.467 e. The highest BCUT2D eigenvalue weighted by Crippen LogP contribution is 2.06. The number of furan rings is 1. The Morgan fingerprint density at radius 1 is 1.35 bits per heavy atom. The van der Waals surface area contributed by atoms with E-state index in [4.69, 9.17) is 4.42 Å².